The second-order valence-corrected chi connectivity index (χ2v) is 3.64. The van der Waals surface area contributed by atoms with Gasteiger partial charge in [0, 0.05) is 13.0 Å². The Morgan fingerprint density at radius 2 is 2.38 bits per heavy atom. The molecule has 1 heterocycles. The highest BCUT2D eigenvalue weighted by atomic mass is 127. The fraction of sp³-hybridized carbons (Fsp3) is 1.00. The van der Waals surface area contributed by atoms with Crippen LogP contribution in [0.4, 0.5) is 4.39 Å². The summed E-state index contributed by atoms with van der Waals surface area (Å²) in [5.74, 6) is 0. The summed E-state index contributed by atoms with van der Waals surface area (Å²) in [5.41, 5.74) is 0. The maximum atomic E-state index is 12.4. The molecule has 0 amide bonds. The van der Waals surface area contributed by atoms with E-state index in [9.17, 15) is 4.39 Å². The molecule has 2 unspecified atom stereocenters. The van der Waals surface area contributed by atoms with E-state index in [0.29, 0.717) is 17.0 Å². The van der Waals surface area contributed by atoms with E-state index in [-0.39, 0.29) is 0 Å². The largest absolute Gasteiger partial charge is 0.292 e. The SMILES string of the molecule is CN1CC(F)CC1I. The minimum absolute atomic E-state index is 0.419. The summed E-state index contributed by atoms with van der Waals surface area (Å²) in [5, 5.41) is 0. The second-order valence-electron chi connectivity index (χ2n) is 2.21. The molecule has 1 nitrogen and oxygen atoms in total. The van der Waals surface area contributed by atoms with Crippen molar-refractivity contribution in [3.63, 3.8) is 0 Å². The number of halogens is 2. The normalized spacial score (nSPS) is 40.9. The molecule has 1 aliphatic rings. The number of rotatable bonds is 0. The van der Waals surface area contributed by atoms with Gasteiger partial charge < -0.3 is 0 Å². The van der Waals surface area contributed by atoms with E-state index >= 15 is 0 Å². The zero-order valence-corrected chi connectivity index (χ0v) is 6.93. The maximum absolute atomic E-state index is 12.4. The molecule has 0 aromatic heterocycles. The maximum Gasteiger partial charge on any atom is 0.115 e. The van der Waals surface area contributed by atoms with Crippen LogP contribution in [0.25, 0.3) is 0 Å². The van der Waals surface area contributed by atoms with Gasteiger partial charge in [0.1, 0.15) is 6.17 Å². The molecular formula is C5H9FIN. The lowest BCUT2D eigenvalue weighted by molar-refractivity contribution is 0.319. The first-order valence-electron chi connectivity index (χ1n) is 2.68. The summed E-state index contributed by atoms with van der Waals surface area (Å²) < 4.78 is 12.8. The van der Waals surface area contributed by atoms with Gasteiger partial charge in [0.15, 0.2) is 0 Å². The highest BCUT2D eigenvalue weighted by molar-refractivity contribution is 14.1. The fourth-order valence-corrected chi connectivity index (χ4v) is 1.67. The standard InChI is InChI=1S/C5H9FIN/c1-8-3-4(6)2-5(8)7/h4-5H,2-3H2,1H3. The monoisotopic (exact) mass is 229 g/mol. The molecule has 0 radical (unpaired) electrons. The van der Waals surface area contributed by atoms with Gasteiger partial charge in [0.25, 0.3) is 0 Å². The first-order chi connectivity index (χ1) is 3.70. The fourth-order valence-electron chi connectivity index (χ4n) is 0.892. The first kappa shape index (κ1) is 6.74. The van der Waals surface area contributed by atoms with Crippen LogP contribution in [-0.4, -0.2) is 28.7 Å². The van der Waals surface area contributed by atoms with E-state index in [2.05, 4.69) is 22.6 Å². The lowest BCUT2D eigenvalue weighted by atomic mass is 10.3. The lowest BCUT2D eigenvalue weighted by Gasteiger charge is -2.09. The van der Waals surface area contributed by atoms with Gasteiger partial charge >= 0.3 is 0 Å². The first-order valence-corrected chi connectivity index (χ1v) is 3.93. The highest BCUT2D eigenvalue weighted by Crippen LogP contribution is 2.22. The van der Waals surface area contributed by atoms with Gasteiger partial charge in [-0.05, 0) is 7.05 Å². The predicted octanol–water partition coefficient (Wildman–Crippen LogP) is 1.42. The number of alkyl halides is 2. The molecule has 1 aliphatic heterocycles. The van der Waals surface area contributed by atoms with Crippen LogP contribution in [0.3, 0.4) is 0 Å². The number of nitrogens with zero attached hydrogens (tertiary/aromatic N) is 1. The molecule has 0 N–H and O–H groups in total. The zero-order valence-electron chi connectivity index (χ0n) is 4.77. The second kappa shape index (κ2) is 2.47. The number of likely N-dealkylation sites (tertiary alicyclic amines) is 1. The molecule has 0 bridgehead atoms. The van der Waals surface area contributed by atoms with Gasteiger partial charge in [0.05, 0.1) is 4.05 Å². The van der Waals surface area contributed by atoms with Gasteiger partial charge in [-0.3, -0.25) is 4.90 Å². The van der Waals surface area contributed by atoms with Crippen molar-refractivity contribution in [3.05, 3.63) is 0 Å². The van der Waals surface area contributed by atoms with E-state index in [1.54, 1.807) is 0 Å². The van der Waals surface area contributed by atoms with E-state index in [1.165, 1.54) is 0 Å². The Balaban J connectivity index is 2.39. The van der Waals surface area contributed by atoms with Crippen molar-refractivity contribution in [2.45, 2.75) is 16.6 Å². The van der Waals surface area contributed by atoms with Gasteiger partial charge in [-0.2, -0.15) is 0 Å². The summed E-state index contributed by atoms with van der Waals surface area (Å²) in [4.78, 5) is 2.03. The molecule has 8 heavy (non-hydrogen) atoms. The number of hydrogen-bond acceptors (Lipinski definition) is 1. The molecule has 1 fully saturated rings. The van der Waals surface area contributed by atoms with Crippen molar-refractivity contribution < 1.29 is 4.39 Å². The van der Waals surface area contributed by atoms with Crippen LogP contribution in [0.1, 0.15) is 6.42 Å². The van der Waals surface area contributed by atoms with Crippen molar-refractivity contribution in [2.75, 3.05) is 13.6 Å². The van der Waals surface area contributed by atoms with Crippen molar-refractivity contribution >= 4 is 22.6 Å². The van der Waals surface area contributed by atoms with E-state index in [1.807, 2.05) is 11.9 Å². The minimum Gasteiger partial charge on any atom is -0.292 e. The smallest absolute Gasteiger partial charge is 0.115 e. The van der Waals surface area contributed by atoms with Gasteiger partial charge in [0.2, 0.25) is 0 Å². The van der Waals surface area contributed by atoms with Crippen LogP contribution in [-0.2, 0) is 0 Å². The third-order valence-electron chi connectivity index (χ3n) is 1.41. The topological polar surface area (TPSA) is 3.24 Å². The Morgan fingerprint density at radius 1 is 1.75 bits per heavy atom. The van der Waals surface area contributed by atoms with Crippen LogP contribution in [0.2, 0.25) is 0 Å². The molecule has 0 aliphatic carbocycles. The molecular weight excluding hydrogens is 220 g/mol. The minimum atomic E-state index is -0.582. The van der Waals surface area contributed by atoms with E-state index < -0.39 is 6.17 Å². The average Bonchev–Trinajstić information content (AvgIpc) is 1.85. The highest BCUT2D eigenvalue weighted by Gasteiger charge is 2.26. The molecule has 48 valence electrons. The summed E-state index contributed by atoms with van der Waals surface area (Å²) in [6.07, 6.45) is 0.124. The molecule has 0 aromatic carbocycles. The average molecular weight is 229 g/mol. The number of hydrogen-bond donors (Lipinski definition) is 0. The lowest BCUT2D eigenvalue weighted by Crippen LogP contribution is -2.19. The predicted molar refractivity (Wildman–Crippen MR) is 40.0 cm³/mol. The Labute approximate surface area is 62.4 Å². The van der Waals surface area contributed by atoms with Crippen molar-refractivity contribution in [1.29, 1.82) is 0 Å². The van der Waals surface area contributed by atoms with Crippen molar-refractivity contribution in [2.24, 2.45) is 0 Å². The van der Waals surface area contributed by atoms with Crippen LogP contribution >= 0.6 is 22.6 Å². The van der Waals surface area contributed by atoms with Crippen LogP contribution in [0.5, 0.6) is 0 Å². The van der Waals surface area contributed by atoms with Crippen molar-refractivity contribution in [1.82, 2.24) is 4.90 Å². The van der Waals surface area contributed by atoms with Gasteiger partial charge in [-0.25, -0.2) is 4.39 Å². The molecule has 0 aromatic rings. The quantitative estimate of drug-likeness (QED) is 0.345. The summed E-state index contributed by atoms with van der Waals surface area (Å²) in [6, 6.07) is 0. The molecule has 0 saturated carbocycles. The van der Waals surface area contributed by atoms with Crippen LogP contribution < -0.4 is 0 Å². The Kier molecular flexibility index (Phi) is 2.08. The summed E-state index contributed by atoms with van der Waals surface area (Å²) >= 11 is 2.26. The Bertz CT molecular complexity index is 78.5. The van der Waals surface area contributed by atoms with Crippen molar-refractivity contribution in [3.8, 4) is 0 Å². The van der Waals surface area contributed by atoms with Crippen LogP contribution in [0.15, 0.2) is 0 Å². The summed E-state index contributed by atoms with van der Waals surface area (Å²) in [7, 11) is 1.96. The molecule has 1 rings (SSSR count). The zero-order chi connectivity index (χ0) is 6.15. The molecule has 2 atom stereocenters. The third kappa shape index (κ3) is 1.31. The Morgan fingerprint density at radius 3 is 2.50 bits per heavy atom. The molecule has 3 heteroatoms. The van der Waals surface area contributed by atoms with Gasteiger partial charge in [-0.1, -0.05) is 22.6 Å². The van der Waals surface area contributed by atoms with E-state index in [0.717, 1.165) is 0 Å². The molecule has 1 saturated heterocycles. The third-order valence-corrected chi connectivity index (χ3v) is 2.87. The molecule has 0 spiro atoms. The van der Waals surface area contributed by atoms with Crippen LogP contribution in [0, 0.1) is 0 Å². The Hall–Kier alpha value is 0.620. The van der Waals surface area contributed by atoms with E-state index in [4.69, 9.17) is 0 Å². The van der Waals surface area contributed by atoms with Gasteiger partial charge in [-0.15, -0.1) is 0 Å². The summed E-state index contributed by atoms with van der Waals surface area (Å²) in [6.45, 7) is 0.619.